The molecule has 0 aromatic heterocycles. The van der Waals surface area contributed by atoms with Gasteiger partial charge in [0.15, 0.2) is 0 Å². The third-order valence-corrected chi connectivity index (χ3v) is 4.56. The second-order valence-electron chi connectivity index (χ2n) is 7.75. The minimum atomic E-state index is -0.945. The fourth-order valence-electron chi connectivity index (χ4n) is 3.54. The standard InChI is InChI=1S/C20H31N3O2/c1-6-20(17-10-8-7-9-11-17)18(24)23(19(25)21-20)14-22(12-15(2)3)13-16(4)5/h7-11,15-16H,6,12-14H2,1-5H3,(H,21,25)/t20-/m0/s1. The van der Waals surface area contributed by atoms with E-state index in [0.717, 1.165) is 18.7 Å². The molecule has 0 saturated carbocycles. The molecule has 0 bridgehead atoms. The largest absolute Gasteiger partial charge is 0.326 e. The summed E-state index contributed by atoms with van der Waals surface area (Å²) < 4.78 is 0. The van der Waals surface area contributed by atoms with Crippen molar-refractivity contribution >= 4 is 11.9 Å². The molecule has 2 rings (SSSR count). The highest BCUT2D eigenvalue weighted by Crippen LogP contribution is 2.32. The van der Waals surface area contributed by atoms with Crippen LogP contribution in [0.5, 0.6) is 0 Å². The summed E-state index contributed by atoms with van der Waals surface area (Å²) in [5.74, 6) is 0.804. The van der Waals surface area contributed by atoms with Gasteiger partial charge in [-0.1, -0.05) is 65.0 Å². The number of hydrogen-bond donors (Lipinski definition) is 1. The van der Waals surface area contributed by atoms with Crippen LogP contribution in [-0.2, 0) is 10.3 Å². The van der Waals surface area contributed by atoms with Crippen molar-refractivity contribution < 1.29 is 9.59 Å². The summed E-state index contributed by atoms with van der Waals surface area (Å²) in [6.45, 7) is 12.6. The van der Waals surface area contributed by atoms with Crippen LogP contribution in [0.4, 0.5) is 4.79 Å². The highest BCUT2D eigenvalue weighted by atomic mass is 16.2. The molecule has 1 fully saturated rings. The van der Waals surface area contributed by atoms with E-state index in [-0.39, 0.29) is 11.9 Å². The fourth-order valence-corrected chi connectivity index (χ4v) is 3.54. The first-order valence-electron chi connectivity index (χ1n) is 9.22. The number of benzene rings is 1. The quantitative estimate of drug-likeness (QED) is 0.735. The first-order valence-corrected chi connectivity index (χ1v) is 9.22. The SMILES string of the molecule is CC[C@@]1(c2ccccc2)NC(=O)N(CN(CC(C)C)CC(C)C)C1=O. The molecule has 1 heterocycles. The van der Waals surface area contributed by atoms with Crippen molar-refractivity contribution in [2.45, 2.75) is 46.6 Å². The number of hydrogen-bond acceptors (Lipinski definition) is 3. The predicted molar refractivity (Wildman–Crippen MR) is 99.9 cm³/mol. The summed E-state index contributed by atoms with van der Waals surface area (Å²) in [5.41, 5.74) is -0.0997. The highest BCUT2D eigenvalue weighted by molar-refractivity contribution is 6.07. The van der Waals surface area contributed by atoms with Gasteiger partial charge in [-0.25, -0.2) is 9.69 Å². The highest BCUT2D eigenvalue weighted by Gasteiger charge is 2.51. The maximum Gasteiger partial charge on any atom is 0.326 e. The Morgan fingerprint density at radius 1 is 1.04 bits per heavy atom. The molecule has 1 aromatic carbocycles. The van der Waals surface area contributed by atoms with Gasteiger partial charge in [-0.15, -0.1) is 0 Å². The second kappa shape index (κ2) is 8.00. The molecule has 5 nitrogen and oxygen atoms in total. The van der Waals surface area contributed by atoms with E-state index in [1.54, 1.807) is 0 Å². The molecule has 1 aliphatic rings. The van der Waals surface area contributed by atoms with Gasteiger partial charge in [-0.05, 0) is 23.8 Å². The first-order chi connectivity index (χ1) is 11.8. The number of nitrogens with zero attached hydrogens (tertiary/aromatic N) is 2. The van der Waals surface area contributed by atoms with Crippen molar-refractivity contribution in [2.75, 3.05) is 19.8 Å². The predicted octanol–water partition coefficient (Wildman–Crippen LogP) is 3.42. The summed E-state index contributed by atoms with van der Waals surface area (Å²) in [4.78, 5) is 29.4. The number of carbonyl (C=O) groups excluding carboxylic acids is 2. The molecule has 1 atom stereocenters. The average Bonchev–Trinajstić information content (AvgIpc) is 2.79. The van der Waals surface area contributed by atoms with E-state index < -0.39 is 5.54 Å². The van der Waals surface area contributed by atoms with E-state index >= 15 is 0 Å². The van der Waals surface area contributed by atoms with Gasteiger partial charge in [-0.3, -0.25) is 9.69 Å². The lowest BCUT2D eigenvalue weighted by molar-refractivity contribution is -0.133. The summed E-state index contributed by atoms with van der Waals surface area (Å²) in [7, 11) is 0. The number of carbonyl (C=O) groups is 2. The van der Waals surface area contributed by atoms with Crippen LogP contribution >= 0.6 is 0 Å². The Labute approximate surface area is 151 Å². The number of amides is 3. The van der Waals surface area contributed by atoms with Crippen LogP contribution in [0.25, 0.3) is 0 Å². The summed E-state index contributed by atoms with van der Waals surface area (Å²) >= 11 is 0. The maximum atomic E-state index is 13.2. The van der Waals surface area contributed by atoms with Gasteiger partial charge in [-0.2, -0.15) is 0 Å². The lowest BCUT2D eigenvalue weighted by Gasteiger charge is -2.30. The van der Waals surface area contributed by atoms with Crippen LogP contribution in [0.15, 0.2) is 30.3 Å². The van der Waals surface area contributed by atoms with Gasteiger partial charge in [0.25, 0.3) is 5.91 Å². The monoisotopic (exact) mass is 345 g/mol. The molecule has 1 aliphatic heterocycles. The Kier molecular flexibility index (Phi) is 6.22. The minimum absolute atomic E-state index is 0.149. The molecule has 0 unspecified atom stereocenters. The molecule has 1 aromatic rings. The number of rotatable bonds is 8. The number of urea groups is 1. The summed E-state index contributed by atoms with van der Waals surface area (Å²) in [6, 6.07) is 9.24. The molecule has 5 heteroatoms. The van der Waals surface area contributed by atoms with E-state index in [0.29, 0.717) is 24.9 Å². The normalized spacial score (nSPS) is 20.9. The van der Waals surface area contributed by atoms with Gasteiger partial charge < -0.3 is 5.32 Å². The van der Waals surface area contributed by atoms with E-state index in [4.69, 9.17) is 0 Å². The van der Waals surface area contributed by atoms with Crippen LogP contribution in [0, 0.1) is 11.8 Å². The van der Waals surface area contributed by atoms with Crippen molar-refractivity contribution in [1.82, 2.24) is 15.1 Å². The molecule has 1 N–H and O–H groups in total. The smallest absolute Gasteiger partial charge is 0.319 e. The molecule has 25 heavy (non-hydrogen) atoms. The van der Waals surface area contributed by atoms with Crippen LogP contribution in [0.2, 0.25) is 0 Å². The topological polar surface area (TPSA) is 52.7 Å². The van der Waals surface area contributed by atoms with E-state index in [1.807, 2.05) is 37.3 Å². The van der Waals surface area contributed by atoms with Gasteiger partial charge >= 0.3 is 6.03 Å². The first kappa shape index (κ1) is 19.4. The Bertz CT molecular complexity index is 590. The molecule has 0 spiro atoms. The molecular weight excluding hydrogens is 314 g/mol. The zero-order chi connectivity index (χ0) is 18.6. The van der Waals surface area contributed by atoms with Crippen molar-refractivity contribution in [3.05, 3.63) is 35.9 Å². The third kappa shape index (κ3) is 4.21. The lowest BCUT2D eigenvalue weighted by atomic mass is 9.87. The second-order valence-corrected chi connectivity index (χ2v) is 7.75. The van der Waals surface area contributed by atoms with Crippen molar-refractivity contribution in [2.24, 2.45) is 11.8 Å². The van der Waals surface area contributed by atoms with Crippen LogP contribution in [0.1, 0.15) is 46.6 Å². The molecule has 1 saturated heterocycles. The van der Waals surface area contributed by atoms with E-state index in [1.165, 1.54) is 4.90 Å². The Morgan fingerprint density at radius 3 is 2.08 bits per heavy atom. The average molecular weight is 345 g/mol. The number of nitrogens with one attached hydrogen (secondary N) is 1. The number of imide groups is 1. The Hall–Kier alpha value is -1.88. The Balaban J connectivity index is 2.24. The Morgan fingerprint density at radius 2 is 1.60 bits per heavy atom. The zero-order valence-electron chi connectivity index (χ0n) is 16.1. The summed E-state index contributed by atoms with van der Waals surface area (Å²) in [5, 5.41) is 2.96. The van der Waals surface area contributed by atoms with Crippen LogP contribution < -0.4 is 5.32 Å². The third-order valence-electron chi connectivity index (χ3n) is 4.56. The van der Waals surface area contributed by atoms with Crippen molar-refractivity contribution in [3.63, 3.8) is 0 Å². The van der Waals surface area contributed by atoms with Gasteiger partial charge in [0, 0.05) is 13.1 Å². The van der Waals surface area contributed by atoms with Crippen molar-refractivity contribution in [1.29, 1.82) is 0 Å². The van der Waals surface area contributed by atoms with Crippen molar-refractivity contribution in [3.8, 4) is 0 Å². The molecule has 0 aliphatic carbocycles. The minimum Gasteiger partial charge on any atom is -0.319 e. The fraction of sp³-hybridized carbons (Fsp3) is 0.600. The maximum absolute atomic E-state index is 13.2. The van der Waals surface area contributed by atoms with Gasteiger partial charge in [0.2, 0.25) is 0 Å². The zero-order valence-corrected chi connectivity index (χ0v) is 16.1. The van der Waals surface area contributed by atoms with E-state index in [9.17, 15) is 9.59 Å². The van der Waals surface area contributed by atoms with Gasteiger partial charge in [0.1, 0.15) is 5.54 Å². The summed E-state index contributed by atoms with van der Waals surface area (Å²) in [6.07, 6.45) is 0.534. The van der Waals surface area contributed by atoms with Gasteiger partial charge in [0.05, 0.1) is 6.67 Å². The molecule has 138 valence electrons. The van der Waals surface area contributed by atoms with Crippen LogP contribution in [-0.4, -0.2) is 41.5 Å². The lowest BCUT2D eigenvalue weighted by Crippen LogP contribution is -2.46. The van der Waals surface area contributed by atoms with E-state index in [2.05, 4.69) is 37.9 Å². The molecule has 3 amide bonds. The molecule has 0 radical (unpaired) electrons. The van der Waals surface area contributed by atoms with Crippen LogP contribution in [0.3, 0.4) is 0 Å². The molecular formula is C20H31N3O2.